The Morgan fingerprint density at radius 2 is 0.683 bits per heavy atom. The molecule has 2 aromatic carbocycles. The number of aryl methyl sites for hydroxylation is 2. The van der Waals surface area contributed by atoms with E-state index in [0.29, 0.717) is 0 Å². The zero-order valence-corrected chi connectivity index (χ0v) is 29.7. The molecule has 4 aliphatic rings. The fraction of sp³-hybridized carbons (Fsp3) is 0.684. The van der Waals surface area contributed by atoms with Gasteiger partial charge in [0.1, 0.15) is 0 Å². The maximum atomic E-state index is 2.65. The third-order valence-corrected chi connectivity index (χ3v) is 18.3. The van der Waals surface area contributed by atoms with Crippen LogP contribution in [0.2, 0.25) is 0 Å². The van der Waals surface area contributed by atoms with Crippen LogP contribution < -0.4 is 10.6 Å². The number of benzene rings is 2. The van der Waals surface area contributed by atoms with Crippen molar-refractivity contribution in [3.63, 3.8) is 0 Å². The van der Waals surface area contributed by atoms with E-state index in [-0.39, 0.29) is 35.3 Å². The zero-order valence-electron chi connectivity index (χ0n) is 26.2. The molecule has 4 fully saturated rings. The van der Waals surface area contributed by atoms with Crippen LogP contribution >= 0.6 is 15.8 Å². The van der Waals surface area contributed by atoms with Crippen molar-refractivity contribution < 1.29 is 19.5 Å². The molecule has 0 unspecified atom stereocenters. The smallest absolute Gasteiger partial charge is 0 e. The molecule has 0 atom stereocenters. The number of hydrogen-bond donors (Lipinski definition) is 0. The van der Waals surface area contributed by atoms with Crippen LogP contribution in [0.15, 0.2) is 36.4 Å². The minimum atomic E-state index is -0.119. The van der Waals surface area contributed by atoms with Crippen molar-refractivity contribution in [2.75, 3.05) is 0 Å². The molecular formula is C38H56P2Ru. The predicted octanol–water partition coefficient (Wildman–Crippen LogP) is 11.5. The van der Waals surface area contributed by atoms with Gasteiger partial charge < -0.3 is 0 Å². The Bertz CT molecular complexity index is 964. The summed E-state index contributed by atoms with van der Waals surface area (Å²) in [5.74, 6) is 0. The van der Waals surface area contributed by atoms with E-state index < -0.39 is 0 Å². The van der Waals surface area contributed by atoms with E-state index in [1.165, 1.54) is 128 Å². The van der Waals surface area contributed by atoms with Gasteiger partial charge >= 0.3 is 0 Å². The topological polar surface area (TPSA) is 0 Å². The van der Waals surface area contributed by atoms with Crippen molar-refractivity contribution in [2.24, 2.45) is 0 Å². The molecular weight excluding hydrogens is 619 g/mol. The molecule has 0 amide bonds. The Balaban J connectivity index is 0.00000337. The van der Waals surface area contributed by atoms with Crippen LogP contribution in [0.5, 0.6) is 0 Å². The first-order chi connectivity index (χ1) is 19.7. The summed E-state index contributed by atoms with van der Waals surface area (Å²) in [6.45, 7) is 4.93. The molecule has 0 nitrogen and oxygen atoms in total. The average Bonchev–Trinajstić information content (AvgIpc) is 3.01. The second-order valence-electron chi connectivity index (χ2n) is 13.9. The fourth-order valence-electron chi connectivity index (χ4n) is 9.21. The van der Waals surface area contributed by atoms with Gasteiger partial charge in [-0.3, -0.25) is 0 Å². The summed E-state index contributed by atoms with van der Waals surface area (Å²) in [6.07, 6.45) is 29.6. The van der Waals surface area contributed by atoms with Gasteiger partial charge in [0.05, 0.1) is 0 Å². The normalized spacial score (nSPS) is 22.2. The van der Waals surface area contributed by atoms with Crippen LogP contribution in [0.25, 0.3) is 11.1 Å². The predicted molar refractivity (Wildman–Crippen MR) is 182 cm³/mol. The first-order valence-corrected chi connectivity index (χ1v) is 20.4. The third kappa shape index (κ3) is 7.43. The monoisotopic (exact) mass is 676 g/mol. The van der Waals surface area contributed by atoms with Crippen molar-refractivity contribution in [3.05, 3.63) is 47.5 Å². The average molecular weight is 676 g/mol. The van der Waals surface area contributed by atoms with Crippen LogP contribution in [0.4, 0.5) is 0 Å². The van der Waals surface area contributed by atoms with E-state index in [1.807, 2.05) is 10.6 Å². The largest absolute Gasteiger partial charge is 0.0683 e. The summed E-state index contributed by atoms with van der Waals surface area (Å²) in [7, 11) is -0.237. The Kier molecular flexibility index (Phi) is 12.4. The van der Waals surface area contributed by atoms with Crippen molar-refractivity contribution in [2.45, 2.75) is 165 Å². The minimum Gasteiger partial charge on any atom is -0.0683 e. The van der Waals surface area contributed by atoms with Crippen molar-refractivity contribution in [1.82, 2.24) is 0 Å². The summed E-state index contributed by atoms with van der Waals surface area (Å²) < 4.78 is 0. The molecule has 4 aliphatic carbocycles. The molecule has 0 N–H and O–H groups in total. The molecule has 0 heterocycles. The van der Waals surface area contributed by atoms with Crippen molar-refractivity contribution in [3.8, 4) is 11.1 Å². The van der Waals surface area contributed by atoms with Gasteiger partial charge in [0.25, 0.3) is 0 Å². The SMILES string of the molecule is Cc1cccc(P(C2CCCCC2)C2CCCCC2)c1-c1c(C)cccc1P(C1CCCCC1)C1CCCCC1.[Ru]. The van der Waals surface area contributed by atoms with Crippen LogP contribution in [-0.4, -0.2) is 22.6 Å². The molecule has 0 aromatic heterocycles. The molecule has 0 saturated heterocycles. The first-order valence-electron chi connectivity index (χ1n) is 17.5. The van der Waals surface area contributed by atoms with E-state index >= 15 is 0 Å². The molecule has 0 aliphatic heterocycles. The van der Waals surface area contributed by atoms with E-state index in [0.717, 1.165) is 22.6 Å². The van der Waals surface area contributed by atoms with Crippen LogP contribution in [-0.2, 0) is 19.5 Å². The van der Waals surface area contributed by atoms with Gasteiger partial charge in [0.15, 0.2) is 0 Å². The maximum Gasteiger partial charge on any atom is 0 e. The quantitative estimate of drug-likeness (QED) is 0.202. The maximum absolute atomic E-state index is 2.65. The summed E-state index contributed by atoms with van der Waals surface area (Å²) in [4.78, 5) is 0. The number of hydrogen-bond acceptors (Lipinski definition) is 0. The van der Waals surface area contributed by atoms with Gasteiger partial charge in [-0.15, -0.1) is 0 Å². The molecule has 3 heteroatoms. The Morgan fingerprint density at radius 1 is 0.415 bits per heavy atom. The van der Waals surface area contributed by atoms with Gasteiger partial charge in [0, 0.05) is 19.5 Å². The molecule has 4 saturated carbocycles. The zero-order chi connectivity index (χ0) is 27.3. The molecule has 6 rings (SSSR count). The molecule has 2 aromatic rings. The molecule has 0 radical (unpaired) electrons. The van der Waals surface area contributed by atoms with Gasteiger partial charge in [-0.25, -0.2) is 0 Å². The molecule has 41 heavy (non-hydrogen) atoms. The van der Waals surface area contributed by atoms with Crippen LogP contribution in [0, 0.1) is 13.8 Å². The Hall–Kier alpha value is -0.0766. The summed E-state index contributed by atoms with van der Waals surface area (Å²) in [5.41, 5.74) is 10.4. The van der Waals surface area contributed by atoms with Crippen molar-refractivity contribution >= 4 is 26.5 Å². The second kappa shape index (κ2) is 15.8. The van der Waals surface area contributed by atoms with E-state index in [2.05, 4.69) is 50.2 Å². The van der Waals surface area contributed by atoms with Gasteiger partial charge in [-0.1, -0.05) is 129 Å². The Morgan fingerprint density at radius 3 is 0.951 bits per heavy atom. The van der Waals surface area contributed by atoms with E-state index in [9.17, 15) is 0 Å². The molecule has 226 valence electrons. The van der Waals surface area contributed by atoms with Crippen LogP contribution in [0.3, 0.4) is 0 Å². The molecule has 0 spiro atoms. The van der Waals surface area contributed by atoms with Gasteiger partial charge in [-0.2, -0.15) is 0 Å². The van der Waals surface area contributed by atoms with Crippen molar-refractivity contribution in [1.29, 1.82) is 0 Å². The standard InChI is InChI=1S/C38H56P2.Ru/c1-29-17-15-27-35(39(31-19-7-3-8-20-31)32-21-9-4-10-22-32)37(29)38-30(2)18-16-28-36(38)40(33-23-11-5-12-24-33)34-25-13-6-14-26-34;/h15-18,27-28,31-34H,3-14,19-26H2,1-2H3;. The van der Waals surface area contributed by atoms with Gasteiger partial charge in [0.2, 0.25) is 0 Å². The fourth-order valence-corrected chi connectivity index (χ4v) is 17.3. The minimum absolute atomic E-state index is 0. The summed E-state index contributed by atoms with van der Waals surface area (Å²) >= 11 is 0. The third-order valence-electron chi connectivity index (χ3n) is 11.2. The summed E-state index contributed by atoms with van der Waals surface area (Å²) in [5, 5.41) is 3.65. The Labute approximate surface area is 268 Å². The summed E-state index contributed by atoms with van der Waals surface area (Å²) in [6, 6.07) is 15.1. The van der Waals surface area contributed by atoms with Crippen LogP contribution in [0.1, 0.15) is 140 Å². The van der Waals surface area contributed by atoms with Gasteiger partial charge in [-0.05, 0) is 121 Å². The second-order valence-corrected chi connectivity index (χ2v) is 19.4. The first kappa shape index (κ1) is 32.3. The van der Waals surface area contributed by atoms with E-state index in [4.69, 9.17) is 0 Å². The molecule has 0 bridgehead atoms. The van der Waals surface area contributed by atoms with E-state index in [1.54, 1.807) is 22.3 Å². The number of rotatable bonds is 7.